The quantitative estimate of drug-likeness (QED) is 0.549. The molecule has 1 N–H and O–H groups in total. The van der Waals surface area contributed by atoms with Crippen LogP contribution >= 0.6 is 55.0 Å². The molecule has 0 bridgehead atoms. The molecule has 2 aromatic rings. The van der Waals surface area contributed by atoms with E-state index >= 15 is 0 Å². The third kappa shape index (κ3) is 4.31. The van der Waals surface area contributed by atoms with Gasteiger partial charge in [0, 0.05) is 5.25 Å². The second-order valence-electron chi connectivity index (χ2n) is 7.23. The van der Waals surface area contributed by atoms with E-state index < -0.39 is 5.97 Å². The van der Waals surface area contributed by atoms with E-state index in [1.807, 2.05) is 6.92 Å². The number of benzene rings is 1. The van der Waals surface area contributed by atoms with Gasteiger partial charge >= 0.3 is 5.97 Å². The molecule has 2 aliphatic heterocycles. The third-order valence-electron chi connectivity index (χ3n) is 5.21. The van der Waals surface area contributed by atoms with Crippen molar-refractivity contribution in [2.24, 2.45) is 4.99 Å². The number of fused-ring (bicyclic) bond motifs is 1. The Bertz CT molecular complexity index is 1240. The first-order chi connectivity index (χ1) is 14.8. The molecular weight excluding hydrogens is 568 g/mol. The number of esters is 1. The lowest BCUT2D eigenvalue weighted by atomic mass is 9.98. The summed E-state index contributed by atoms with van der Waals surface area (Å²) in [6.07, 6.45) is 3.77. The largest absolute Gasteiger partial charge is 0.506 e. The van der Waals surface area contributed by atoms with Crippen LogP contribution in [0.3, 0.4) is 0 Å². The monoisotopic (exact) mass is 586 g/mol. The predicted octanol–water partition coefficient (Wildman–Crippen LogP) is 3.88. The zero-order valence-electron chi connectivity index (χ0n) is 16.9. The number of carbonyl (C=O) groups is 1. The number of aromatic hydroxyl groups is 1. The van der Waals surface area contributed by atoms with Crippen molar-refractivity contribution in [1.82, 2.24) is 4.57 Å². The van der Waals surface area contributed by atoms with Crippen molar-refractivity contribution in [1.29, 1.82) is 0 Å². The third-order valence-corrected chi connectivity index (χ3v) is 8.85. The van der Waals surface area contributed by atoms with Crippen LogP contribution in [0.25, 0.3) is 6.08 Å². The van der Waals surface area contributed by atoms with Crippen LogP contribution in [0.1, 0.15) is 38.3 Å². The van der Waals surface area contributed by atoms with E-state index in [4.69, 9.17) is 4.74 Å². The predicted molar refractivity (Wildman–Crippen MR) is 130 cm³/mol. The molecule has 164 valence electrons. The summed E-state index contributed by atoms with van der Waals surface area (Å²) in [5, 5.41) is 10.1. The number of thiazole rings is 1. The highest BCUT2D eigenvalue weighted by atomic mass is 79.9. The Labute approximate surface area is 204 Å². The van der Waals surface area contributed by atoms with E-state index in [9.17, 15) is 14.7 Å². The average Bonchev–Trinajstić information content (AvgIpc) is 3.34. The van der Waals surface area contributed by atoms with Gasteiger partial charge in [0.2, 0.25) is 0 Å². The first-order valence-corrected chi connectivity index (χ1v) is 13.3. The molecule has 0 saturated carbocycles. The number of ether oxygens (including phenoxy) is 1. The van der Waals surface area contributed by atoms with Gasteiger partial charge in [0.1, 0.15) is 5.75 Å². The van der Waals surface area contributed by atoms with Crippen LogP contribution in [0, 0.1) is 0 Å². The minimum Gasteiger partial charge on any atom is -0.506 e. The number of nitrogens with zero attached hydrogens (tertiary/aromatic N) is 2. The van der Waals surface area contributed by atoms with Gasteiger partial charge in [-0.3, -0.25) is 9.36 Å². The van der Waals surface area contributed by atoms with Crippen molar-refractivity contribution in [3.8, 4) is 5.75 Å². The SMILES string of the molecule is CCOC(=O)C1=C(C)N=c2s/c(=C/c3cc(Br)c(O)c(Br)c3)c(=O)n2C1C1CCCS1. The number of phenols is 1. The summed E-state index contributed by atoms with van der Waals surface area (Å²) < 4.78 is 8.57. The molecule has 0 radical (unpaired) electrons. The number of thioether (sulfide) groups is 1. The Morgan fingerprint density at radius 2 is 2.10 bits per heavy atom. The molecule has 10 heteroatoms. The van der Waals surface area contributed by atoms with Crippen molar-refractivity contribution in [3.05, 3.63) is 57.6 Å². The number of hydrogen-bond donors (Lipinski definition) is 1. The molecule has 3 heterocycles. The maximum Gasteiger partial charge on any atom is 0.338 e. The molecule has 1 fully saturated rings. The lowest BCUT2D eigenvalue weighted by molar-refractivity contribution is -0.139. The molecule has 0 spiro atoms. The molecule has 1 aromatic heterocycles. The van der Waals surface area contributed by atoms with Crippen molar-refractivity contribution in [3.63, 3.8) is 0 Å². The zero-order chi connectivity index (χ0) is 22.3. The summed E-state index contributed by atoms with van der Waals surface area (Å²) in [6, 6.07) is 3.11. The maximum absolute atomic E-state index is 13.5. The first-order valence-electron chi connectivity index (χ1n) is 9.81. The normalized spacial score (nSPS) is 21.2. The Hall–Kier alpha value is -1.36. The van der Waals surface area contributed by atoms with Crippen LogP contribution < -0.4 is 14.9 Å². The highest BCUT2D eigenvalue weighted by molar-refractivity contribution is 9.11. The molecule has 4 rings (SSSR count). The smallest absolute Gasteiger partial charge is 0.338 e. The van der Waals surface area contributed by atoms with E-state index in [1.165, 1.54) is 11.3 Å². The number of allylic oxidation sites excluding steroid dienone is 1. The zero-order valence-corrected chi connectivity index (χ0v) is 21.7. The highest BCUT2D eigenvalue weighted by Gasteiger charge is 2.39. The van der Waals surface area contributed by atoms with Crippen molar-refractivity contribution < 1.29 is 14.6 Å². The lowest BCUT2D eigenvalue weighted by Crippen LogP contribution is -2.43. The summed E-state index contributed by atoms with van der Waals surface area (Å²) in [6.45, 7) is 3.86. The fourth-order valence-electron chi connectivity index (χ4n) is 3.86. The minimum atomic E-state index is -0.401. The summed E-state index contributed by atoms with van der Waals surface area (Å²) in [5.74, 6) is 0.712. The number of phenolic OH excluding ortho intramolecular Hbond substituents is 1. The van der Waals surface area contributed by atoms with Crippen LogP contribution in [0.2, 0.25) is 0 Å². The minimum absolute atomic E-state index is 0.103. The summed E-state index contributed by atoms with van der Waals surface area (Å²) in [5.41, 5.74) is 1.68. The Kier molecular flexibility index (Phi) is 6.81. The molecular formula is C21H20Br2N2O4S2. The fourth-order valence-corrected chi connectivity index (χ4v) is 7.54. The molecule has 0 aliphatic carbocycles. The molecule has 31 heavy (non-hydrogen) atoms. The molecule has 1 saturated heterocycles. The van der Waals surface area contributed by atoms with Crippen LogP contribution in [-0.2, 0) is 9.53 Å². The van der Waals surface area contributed by atoms with Gasteiger partial charge in [-0.1, -0.05) is 11.3 Å². The van der Waals surface area contributed by atoms with E-state index in [1.54, 1.807) is 41.5 Å². The molecule has 0 amide bonds. The fraction of sp³-hybridized carbons (Fsp3) is 0.381. The van der Waals surface area contributed by atoms with Crippen LogP contribution in [-0.4, -0.2) is 33.3 Å². The van der Waals surface area contributed by atoms with Crippen molar-refractivity contribution in [2.75, 3.05) is 12.4 Å². The van der Waals surface area contributed by atoms with Crippen molar-refractivity contribution in [2.45, 2.75) is 38.0 Å². The number of aromatic nitrogens is 1. The van der Waals surface area contributed by atoms with Crippen LogP contribution in [0.15, 0.2) is 42.1 Å². The average molecular weight is 588 g/mol. The highest BCUT2D eigenvalue weighted by Crippen LogP contribution is 2.40. The number of rotatable bonds is 4. The summed E-state index contributed by atoms with van der Waals surface area (Å²) in [7, 11) is 0. The van der Waals surface area contributed by atoms with Gasteiger partial charge in [0.25, 0.3) is 5.56 Å². The topological polar surface area (TPSA) is 80.9 Å². The van der Waals surface area contributed by atoms with Gasteiger partial charge in [-0.05, 0) is 88.1 Å². The maximum atomic E-state index is 13.5. The standard InChI is InChI=1S/C21H20Br2N2O4S2/c1-3-29-20(28)16-10(2)24-21-25(17(16)14-5-4-6-30-14)19(27)15(31-21)9-11-7-12(22)18(26)13(23)8-11/h7-9,14,17,26H,3-6H2,1-2H3/b15-9+. The van der Waals surface area contributed by atoms with Gasteiger partial charge in [0.05, 0.1) is 37.4 Å². The Morgan fingerprint density at radius 1 is 1.39 bits per heavy atom. The van der Waals surface area contributed by atoms with Crippen molar-refractivity contribution >= 4 is 67.0 Å². The molecule has 6 nitrogen and oxygen atoms in total. The second-order valence-corrected chi connectivity index (χ2v) is 11.3. The molecule has 2 atom stereocenters. The Morgan fingerprint density at radius 3 is 2.71 bits per heavy atom. The van der Waals surface area contributed by atoms with Gasteiger partial charge < -0.3 is 9.84 Å². The number of hydrogen-bond acceptors (Lipinski definition) is 7. The van der Waals surface area contributed by atoms with E-state index in [2.05, 4.69) is 36.9 Å². The molecule has 2 unspecified atom stereocenters. The Balaban J connectivity index is 1.89. The lowest BCUT2D eigenvalue weighted by Gasteiger charge is -2.28. The summed E-state index contributed by atoms with van der Waals surface area (Å²) >= 11 is 9.75. The van der Waals surface area contributed by atoms with Gasteiger partial charge in [-0.2, -0.15) is 11.8 Å². The summed E-state index contributed by atoms with van der Waals surface area (Å²) in [4.78, 5) is 31.5. The van der Waals surface area contributed by atoms with E-state index in [0.717, 1.165) is 24.2 Å². The van der Waals surface area contributed by atoms with E-state index in [0.29, 0.717) is 29.5 Å². The van der Waals surface area contributed by atoms with Gasteiger partial charge in [-0.25, -0.2) is 9.79 Å². The molecule has 1 aromatic carbocycles. The number of carbonyl (C=O) groups excluding carboxylic acids is 1. The number of halogens is 2. The van der Waals surface area contributed by atoms with Gasteiger partial charge in [0.15, 0.2) is 4.80 Å². The van der Waals surface area contributed by atoms with Crippen LogP contribution in [0.5, 0.6) is 5.75 Å². The van der Waals surface area contributed by atoms with Crippen LogP contribution in [0.4, 0.5) is 0 Å². The first kappa shape index (κ1) is 22.8. The van der Waals surface area contributed by atoms with Gasteiger partial charge in [-0.15, -0.1) is 0 Å². The van der Waals surface area contributed by atoms with E-state index in [-0.39, 0.29) is 29.2 Å². The second kappa shape index (κ2) is 9.25. The molecule has 2 aliphatic rings.